The highest BCUT2D eigenvalue weighted by Gasteiger charge is 2.08. The van der Waals surface area contributed by atoms with E-state index in [1.165, 1.54) is 36.4 Å². The number of rotatable bonds is 4. The maximum Gasteiger partial charge on any atom is 0.270 e. The minimum atomic E-state index is -0.559. The topological polar surface area (TPSA) is 86.2 Å². The minimum absolute atomic E-state index is 0.0525. The number of allylic oxidation sites excluding steroid dienone is 1. The smallest absolute Gasteiger partial charge is 0.270 e. The number of nitrogen functional groups attached to an aromatic ring is 1. The van der Waals surface area contributed by atoms with Gasteiger partial charge in [0.05, 0.1) is 4.92 Å². The van der Waals surface area contributed by atoms with Gasteiger partial charge in [-0.1, -0.05) is 18.2 Å². The molecule has 0 saturated carbocycles. The lowest BCUT2D eigenvalue weighted by molar-refractivity contribution is -0.384. The molecule has 2 rings (SSSR count). The molecule has 0 aliphatic carbocycles. The molecule has 0 fully saturated rings. The number of hydrogen-bond donors (Lipinski definition) is 1. The number of nitro groups is 1. The van der Waals surface area contributed by atoms with Gasteiger partial charge in [-0.15, -0.1) is 0 Å². The zero-order chi connectivity index (χ0) is 15.4. The molecule has 2 aromatic carbocycles. The molecule has 2 N–H and O–H groups in total. The molecule has 2 aromatic rings. The summed E-state index contributed by atoms with van der Waals surface area (Å²) in [6.45, 7) is 0. The van der Waals surface area contributed by atoms with Crippen LogP contribution in [0.2, 0.25) is 0 Å². The van der Waals surface area contributed by atoms with Crippen LogP contribution in [0.3, 0.4) is 0 Å². The first-order valence-electron chi connectivity index (χ1n) is 5.99. The third-order valence-electron chi connectivity index (χ3n) is 2.79. The summed E-state index contributed by atoms with van der Waals surface area (Å²) in [6, 6.07) is 9.34. The van der Waals surface area contributed by atoms with Crippen LogP contribution in [0.25, 0.3) is 6.08 Å². The van der Waals surface area contributed by atoms with Crippen LogP contribution >= 0.6 is 0 Å². The fourth-order valence-corrected chi connectivity index (χ4v) is 1.75. The van der Waals surface area contributed by atoms with Crippen molar-refractivity contribution in [3.8, 4) is 0 Å². The fraction of sp³-hybridized carbons (Fsp3) is 0. The molecular formula is C15H11FN2O3. The normalized spacial score (nSPS) is 10.7. The van der Waals surface area contributed by atoms with E-state index in [-0.39, 0.29) is 16.9 Å². The van der Waals surface area contributed by atoms with Crippen molar-refractivity contribution in [2.75, 3.05) is 5.73 Å². The van der Waals surface area contributed by atoms with Gasteiger partial charge in [0.25, 0.3) is 5.69 Å². The predicted octanol–water partition coefficient (Wildman–Crippen LogP) is 3.21. The molecule has 5 nitrogen and oxygen atoms in total. The van der Waals surface area contributed by atoms with E-state index in [4.69, 9.17) is 5.73 Å². The third-order valence-corrected chi connectivity index (χ3v) is 2.79. The lowest BCUT2D eigenvalue weighted by Gasteiger charge is -2.01. The van der Waals surface area contributed by atoms with Crippen LogP contribution < -0.4 is 5.73 Å². The molecule has 0 amide bonds. The van der Waals surface area contributed by atoms with E-state index in [0.29, 0.717) is 5.56 Å². The Morgan fingerprint density at radius 1 is 1.24 bits per heavy atom. The maximum atomic E-state index is 13.1. The van der Waals surface area contributed by atoms with Gasteiger partial charge in [0.1, 0.15) is 5.82 Å². The number of carbonyl (C=O) groups excluding carboxylic acids is 1. The minimum Gasteiger partial charge on any atom is -0.398 e. The summed E-state index contributed by atoms with van der Waals surface area (Å²) in [5.74, 6) is -1.03. The van der Waals surface area contributed by atoms with Crippen LogP contribution in [0.5, 0.6) is 0 Å². The Hall–Kier alpha value is -3.02. The SMILES string of the molecule is Nc1ccc(F)cc1C(=O)/C=C/c1cccc([N+](=O)[O-])c1. The molecule has 6 heteroatoms. The summed E-state index contributed by atoms with van der Waals surface area (Å²) >= 11 is 0. The first-order chi connectivity index (χ1) is 9.97. The van der Waals surface area contributed by atoms with Crippen molar-refractivity contribution in [1.29, 1.82) is 0 Å². The molecule has 0 unspecified atom stereocenters. The van der Waals surface area contributed by atoms with Crippen molar-refractivity contribution in [2.24, 2.45) is 0 Å². The number of hydrogen-bond acceptors (Lipinski definition) is 4. The second kappa shape index (κ2) is 5.96. The molecule has 0 aliphatic rings. The van der Waals surface area contributed by atoms with Crippen molar-refractivity contribution in [3.05, 3.63) is 75.6 Å². The first kappa shape index (κ1) is 14.4. The van der Waals surface area contributed by atoms with Gasteiger partial charge in [0, 0.05) is 23.4 Å². The quantitative estimate of drug-likeness (QED) is 0.307. The molecule has 0 bridgehead atoms. The average molecular weight is 286 g/mol. The van der Waals surface area contributed by atoms with Crippen LogP contribution in [-0.4, -0.2) is 10.7 Å². The Morgan fingerprint density at radius 3 is 2.71 bits per heavy atom. The summed E-state index contributed by atoms with van der Waals surface area (Å²) in [4.78, 5) is 22.1. The molecule has 0 saturated heterocycles. The Bertz CT molecular complexity index is 741. The van der Waals surface area contributed by atoms with Crippen LogP contribution in [0.15, 0.2) is 48.5 Å². The second-order valence-electron chi connectivity index (χ2n) is 4.28. The van der Waals surface area contributed by atoms with Crippen LogP contribution in [0.1, 0.15) is 15.9 Å². The Balaban J connectivity index is 2.24. The van der Waals surface area contributed by atoms with Gasteiger partial charge >= 0.3 is 0 Å². The van der Waals surface area contributed by atoms with Gasteiger partial charge < -0.3 is 5.73 Å². The lowest BCUT2D eigenvalue weighted by atomic mass is 10.1. The number of nitrogens with two attached hydrogens (primary N) is 1. The monoisotopic (exact) mass is 286 g/mol. The zero-order valence-electron chi connectivity index (χ0n) is 10.8. The third kappa shape index (κ3) is 3.50. The Labute approximate surface area is 119 Å². The zero-order valence-corrected chi connectivity index (χ0v) is 10.8. The largest absolute Gasteiger partial charge is 0.398 e. The van der Waals surface area contributed by atoms with Crippen molar-refractivity contribution in [3.63, 3.8) is 0 Å². The van der Waals surface area contributed by atoms with Crippen molar-refractivity contribution in [2.45, 2.75) is 0 Å². The molecule has 106 valence electrons. The summed E-state index contributed by atoms with van der Waals surface area (Å²) in [5, 5.41) is 10.7. The van der Waals surface area contributed by atoms with E-state index < -0.39 is 16.5 Å². The second-order valence-corrected chi connectivity index (χ2v) is 4.28. The van der Waals surface area contributed by atoms with Gasteiger partial charge in [-0.3, -0.25) is 14.9 Å². The van der Waals surface area contributed by atoms with E-state index in [1.54, 1.807) is 6.07 Å². The highest BCUT2D eigenvalue weighted by atomic mass is 19.1. The van der Waals surface area contributed by atoms with E-state index in [0.717, 1.165) is 12.1 Å². The van der Waals surface area contributed by atoms with Gasteiger partial charge in [-0.2, -0.15) is 0 Å². The molecule has 0 aliphatic heterocycles. The number of nitro benzene ring substituents is 1. The average Bonchev–Trinajstić information content (AvgIpc) is 2.47. The van der Waals surface area contributed by atoms with Crippen molar-refractivity contribution >= 4 is 23.2 Å². The number of nitrogens with zero attached hydrogens (tertiary/aromatic N) is 1. The first-order valence-corrected chi connectivity index (χ1v) is 5.99. The van der Waals surface area contributed by atoms with Crippen LogP contribution in [-0.2, 0) is 0 Å². The molecule has 0 radical (unpaired) electrons. The van der Waals surface area contributed by atoms with Gasteiger partial charge in [-0.05, 0) is 29.8 Å². The maximum absolute atomic E-state index is 13.1. The van der Waals surface area contributed by atoms with E-state index in [2.05, 4.69) is 0 Å². The van der Waals surface area contributed by atoms with Crippen molar-refractivity contribution in [1.82, 2.24) is 0 Å². The van der Waals surface area contributed by atoms with Crippen LogP contribution in [0, 0.1) is 15.9 Å². The summed E-state index contributed by atoms with van der Waals surface area (Å²) in [5.41, 5.74) is 6.26. The van der Waals surface area contributed by atoms with Gasteiger partial charge in [-0.25, -0.2) is 4.39 Å². The number of non-ortho nitro benzene ring substituents is 1. The standard InChI is InChI=1S/C15H11FN2O3/c16-11-5-6-14(17)13(9-11)15(19)7-4-10-2-1-3-12(8-10)18(20)21/h1-9H,17H2/b7-4+. The summed E-state index contributed by atoms with van der Waals surface area (Å²) in [6.07, 6.45) is 2.61. The molecular weight excluding hydrogens is 275 g/mol. The molecule has 0 spiro atoms. The lowest BCUT2D eigenvalue weighted by Crippen LogP contribution is -2.01. The molecule has 0 aromatic heterocycles. The molecule has 0 atom stereocenters. The number of halogens is 1. The predicted molar refractivity (Wildman–Crippen MR) is 77.3 cm³/mol. The summed E-state index contributed by atoms with van der Waals surface area (Å²) in [7, 11) is 0. The number of ketones is 1. The van der Waals surface area contributed by atoms with E-state index in [1.807, 2.05) is 0 Å². The Kier molecular flexibility index (Phi) is 4.08. The van der Waals surface area contributed by atoms with Crippen molar-refractivity contribution < 1.29 is 14.1 Å². The molecule has 21 heavy (non-hydrogen) atoms. The number of benzene rings is 2. The van der Waals surface area contributed by atoms with Gasteiger partial charge in [0.2, 0.25) is 0 Å². The fourth-order valence-electron chi connectivity index (χ4n) is 1.75. The van der Waals surface area contributed by atoms with Crippen LogP contribution in [0.4, 0.5) is 15.8 Å². The Morgan fingerprint density at radius 2 is 2.00 bits per heavy atom. The van der Waals surface area contributed by atoms with Gasteiger partial charge in [0.15, 0.2) is 5.78 Å². The summed E-state index contributed by atoms with van der Waals surface area (Å²) < 4.78 is 13.1. The number of carbonyl (C=O) groups is 1. The highest BCUT2D eigenvalue weighted by Crippen LogP contribution is 2.17. The molecule has 0 heterocycles. The number of anilines is 1. The van der Waals surface area contributed by atoms with E-state index in [9.17, 15) is 19.3 Å². The van der Waals surface area contributed by atoms with E-state index >= 15 is 0 Å². The highest BCUT2D eigenvalue weighted by molar-refractivity contribution is 6.10.